The summed E-state index contributed by atoms with van der Waals surface area (Å²) in [6.45, 7) is 1.34. The fraction of sp³-hybridized carbons (Fsp3) is 0.429. The molecule has 0 aliphatic carbocycles. The van der Waals surface area contributed by atoms with E-state index in [1.807, 2.05) is 0 Å². The fourth-order valence-electron chi connectivity index (χ4n) is 2.17. The summed E-state index contributed by atoms with van der Waals surface area (Å²) in [5, 5.41) is 25.1. The van der Waals surface area contributed by atoms with Gasteiger partial charge in [0.05, 0.1) is 0 Å². The van der Waals surface area contributed by atoms with E-state index in [-0.39, 0.29) is 18.4 Å². The molecule has 0 aromatic heterocycles. The highest BCUT2D eigenvalue weighted by molar-refractivity contribution is 5.93. The lowest BCUT2D eigenvalue weighted by atomic mass is 9.96. The minimum atomic E-state index is -1.08. The molecule has 6 nitrogen and oxygen atoms in total. The van der Waals surface area contributed by atoms with E-state index in [1.54, 1.807) is 18.2 Å². The third kappa shape index (κ3) is 3.34. The van der Waals surface area contributed by atoms with E-state index in [2.05, 4.69) is 10.6 Å². The highest BCUT2D eigenvalue weighted by Crippen LogP contribution is 2.27. The number of aliphatic hydroxyl groups is 2. The average Bonchev–Trinajstić information content (AvgIpc) is 2.43. The van der Waals surface area contributed by atoms with Crippen LogP contribution in [0.1, 0.15) is 30.6 Å². The summed E-state index contributed by atoms with van der Waals surface area (Å²) in [6, 6.07) is 5.15. The number of aliphatic hydroxyl groups excluding tert-OH is 2. The molecule has 0 fully saturated rings. The Morgan fingerprint density at radius 3 is 2.85 bits per heavy atom. The van der Waals surface area contributed by atoms with Gasteiger partial charge in [-0.2, -0.15) is 0 Å². The molecule has 2 amide bonds. The number of rotatable bonds is 4. The van der Waals surface area contributed by atoms with Crippen molar-refractivity contribution < 1.29 is 19.8 Å². The molecule has 0 saturated carbocycles. The molecule has 0 radical (unpaired) electrons. The van der Waals surface area contributed by atoms with Gasteiger partial charge in [0.2, 0.25) is 11.8 Å². The molecule has 0 bridgehead atoms. The third-order valence-corrected chi connectivity index (χ3v) is 3.29. The number of hydrogen-bond donors (Lipinski definition) is 4. The van der Waals surface area contributed by atoms with Crippen LogP contribution >= 0.6 is 0 Å². The van der Waals surface area contributed by atoms with Gasteiger partial charge in [0.15, 0.2) is 0 Å². The van der Waals surface area contributed by atoms with Crippen LogP contribution < -0.4 is 10.6 Å². The molecule has 1 heterocycles. The molecule has 2 unspecified atom stereocenters. The number of fused-ring (bicyclic) bond motifs is 1. The summed E-state index contributed by atoms with van der Waals surface area (Å²) in [4.78, 5) is 22.0. The van der Waals surface area contributed by atoms with Crippen LogP contribution in [0, 0.1) is 0 Å². The molecule has 1 aliphatic heterocycles. The van der Waals surface area contributed by atoms with E-state index in [0.29, 0.717) is 18.4 Å². The van der Waals surface area contributed by atoms with Crippen molar-refractivity contribution in [3.8, 4) is 0 Å². The lowest BCUT2D eigenvalue weighted by molar-refractivity contribution is -0.120. The lowest BCUT2D eigenvalue weighted by Gasteiger charge is -2.22. The monoisotopic (exact) mass is 278 g/mol. The van der Waals surface area contributed by atoms with Crippen LogP contribution in [0.25, 0.3) is 0 Å². The molecule has 1 aliphatic rings. The SMILES string of the molecule is CC(=O)NCC(O)C(O)c1ccc2c(c1)CCC(=O)N2. The Morgan fingerprint density at radius 2 is 2.15 bits per heavy atom. The van der Waals surface area contributed by atoms with Crippen LogP contribution in [-0.2, 0) is 16.0 Å². The molecular weight excluding hydrogens is 260 g/mol. The predicted molar refractivity (Wildman–Crippen MR) is 73.0 cm³/mol. The molecule has 108 valence electrons. The average molecular weight is 278 g/mol. The Hall–Kier alpha value is -1.92. The van der Waals surface area contributed by atoms with E-state index in [1.165, 1.54) is 6.92 Å². The molecule has 4 N–H and O–H groups in total. The maximum atomic E-state index is 11.3. The first-order chi connectivity index (χ1) is 9.47. The second-order valence-corrected chi connectivity index (χ2v) is 4.91. The van der Waals surface area contributed by atoms with E-state index in [4.69, 9.17) is 0 Å². The zero-order valence-corrected chi connectivity index (χ0v) is 11.2. The highest BCUT2D eigenvalue weighted by Gasteiger charge is 2.21. The van der Waals surface area contributed by atoms with Crippen LogP contribution in [-0.4, -0.2) is 34.7 Å². The number of aryl methyl sites for hydroxylation is 1. The number of nitrogens with one attached hydrogen (secondary N) is 2. The topological polar surface area (TPSA) is 98.7 Å². The minimum absolute atomic E-state index is 0.00960. The summed E-state index contributed by atoms with van der Waals surface area (Å²) in [7, 11) is 0. The summed E-state index contributed by atoms with van der Waals surface area (Å²) in [5.41, 5.74) is 2.25. The Bertz CT molecular complexity index is 530. The van der Waals surface area contributed by atoms with Gasteiger partial charge in [0.1, 0.15) is 12.2 Å². The largest absolute Gasteiger partial charge is 0.388 e. The van der Waals surface area contributed by atoms with Crippen molar-refractivity contribution in [2.45, 2.75) is 32.0 Å². The van der Waals surface area contributed by atoms with Crippen molar-refractivity contribution in [2.24, 2.45) is 0 Å². The first-order valence-corrected chi connectivity index (χ1v) is 6.50. The van der Waals surface area contributed by atoms with E-state index in [0.717, 1.165) is 11.3 Å². The lowest BCUT2D eigenvalue weighted by Crippen LogP contribution is -2.34. The first kappa shape index (κ1) is 14.5. The molecule has 2 atom stereocenters. The maximum Gasteiger partial charge on any atom is 0.224 e. The van der Waals surface area contributed by atoms with E-state index >= 15 is 0 Å². The van der Waals surface area contributed by atoms with Gasteiger partial charge in [-0.1, -0.05) is 12.1 Å². The van der Waals surface area contributed by atoms with Gasteiger partial charge in [-0.3, -0.25) is 9.59 Å². The zero-order valence-electron chi connectivity index (χ0n) is 11.2. The number of amides is 2. The van der Waals surface area contributed by atoms with Crippen molar-refractivity contribution in [3.05, 3.63) is 29.3 Å². The Morgan fingerprint density at radius 1 is 1.40 bits per heavy atom. The van der Waals surface area contributed by atoms with Gasteiger partial charge in [-0.05, 0) is 23.6 Å². The van der Waals surface area contributed by atoms with E-state index in [9.17, 15) is 19.8 Å². The van der Waals surface area contributed by atoms with Crippen LogP contribution in [0.2, 0.25) is 0 Å². The number of carbonyl (C=O) groups is 2. The van der Waals surface area contributed by atoms with Crippen LogP contribution in [0.3, 0.4) is 0 Å². The molecular formula is C14H18N2O4. The van der Waals surface area contributed by atoms with Gasteiger partial charge >= 0.3 is 0 Å². The van der Waals surface area contributed by atoms with Crippen molar-refractivity contribution in [2.75, 3.05) is 11.9 Å². The highest BCUT2D eigenvalue weighted by atomic mass is 16.3. The molecule has 0 saturated heterocycles. The normalized spacial score (nSPS) is 16.9. The van der Waals surface area contributed by atoms with Gasteiger partial charge in [-0.25, -0.2) is 0 Å². The summed E-state index contributed by atoms with van der Waals surface area (Å²) < 4.78 is 0. The Balaban J connectivity index is 2.09. The molecule has 1 aromatic rings. The Kier molecular flexibility index (Phi) is 4.36. The van der Waals surface area contributed by atoms with Crippen LogP contribution in [0.4, 0.5) is 5.69 Å². The van der Waals surface area contributed by atoms with Gasteiger partial charge in [0.25, 0.3) is 0 Å². The smallest absolute Gasteiger partial charge is 0.224 e. The van der Waals surface area contributed by atoms with Crippen LogP contribution in [0.5, 0.6) is 0 Å². The number of benzene rings is 1. The second kappa shape index (κ2) is 6.02. The number of hydrogen-bond acceptors (Lipinski definition) is 4. The van der Waals surface area contributed by atoms with Gasteiger partial charge in [-0.15, -0.1) is 0 Å². The van der Waals surface area contributed by atoms with Crippen molar-refractivity contribution in [1.82, 2.24) is 5.32 Å². The van der Waals surface area contributed by atoms with Gasteiger partial charge < -0.3 is 20.8 Å². The standard InChI is InChI=1S/C14H18N2O4/c1-8(17)15-7-12(18)14(20)10-2-4-11-9(6-10)3-5-13(19)16-11/h2,4,6,12,14,18,20H,3,5,7H2,1H3,(H,15,17)(H,16,19). The minimum Gasteiger partial charge on any atom is -0.388 e. The van der Waals surface area contributed by atoms with Crippen molar-refractivity contribution in [3.63, 3.8) is 0 Å². The van der Waals surface area contributed by atoms with E-state index < -0.39 is 12.2 Å². The first-order valence-electron chi connectivity index (χ1n) is 6.50. The Labute approximate surface area is 116 Å². The summed E-state index contributed by atoms with van der Waals surface area (Å²) in [6.07, 6.45) is -1.12. The third-order valence-electron chi connectivity index (χ3n) is 3.29. The molecule has 0 spiro atoms. The predicted octanol–water partition coefficient (Wildman–Crippen LogP) is 0.102. The number of carbonyl (C=O) groups excluding carboxylic acids is 2. The van der Waals surface area contributed by atoms with Crippen LogP contribution in [0.15, 0.2) is 18.2 Å². The second-order valence-electron chi connectivity index (χ2n) is 4.91. The zero-order chi connectivity index (χ0) is 14.7. The molecule has 20 heavy (non-hydrogen) atoms. The summed E-state index contributed by atoms with van der Waals surface area (Å²) in [5.74, 6) is -0.277. The molecule has 2 rings (SSSR count). The quantitative estimate of drug-likeness (QED) is 0.628. The summed E-state index contributed by atoms with van der Waals surface area (Å²) >= 11 is 0. The maximum absolute atomic E-state index is 11.3. The van der Waals surface area contributed by atoms with Crippen molar-refractivity contribution >= 4 is 17.5 Å². The molecule has 6 heteroatoms. The fourth-order valence-corrected chi connectivity index (χ4v) is 2.17. The number of anilines is 1. The molecule has 1 aromatic carbocycles. The van der Waals surface area contributed by atoms with Crippen molar-refractivity contribution in [1.29, 1.82) is 0 Å². The van der Waals surface area contributed by atoms with Gasteiger partial charge in [0, 0.05) is 25.6 Å².